The molecule has 7 heteroatoms. The molecule has 4 aromatic rings. The van der Waals surface area contributed by atoms with Crippen LogP contribution in [0.25, 0.3) is 16.7 Å². The Hall–Kier alpha value is -3.74. The molecule has 0 bridgehead atoms. The summed E-state index contributed by atoms with van der Waals surface area (Å²) in [6.07, 6.45) is 0.626. The fourth-order valence-electron chi connectivity index (χ4n) is 4.75. The van der Waals surface area contributed by atoms with E-state index in [0.29, 0.717) is 43.7 Å². The highest BCUT2D eigenvalue weighted by Gasteiger charge is 2.37. The summed E-state index contributed by atoms with van der Waals surface area (Å²) in [5, 5.41) is 15.4. The number of benzene rings is 3. The van der Waals surface area contributed by atoms with E-state index in [1.54, 1.807) is 36.4 Å². The van der Waals surface area contributed by atoms with Crippen molar-refractivity contribution < 1.29 is 19.1 Å². The molecular weight excluding hydrogens is 521 g/mol. The molecular formula is C31H25ClFNO3S. The molecule has 1 heterocycles. The van der Waals surface area contributed by atoms with Crippen molar-refractivity contribution in [1.82, 2.24) is 0 Å². The van der Waals surface area contributed by atoms with Gasteiger partial charge in [0.05, 0.1) is 16.0 Å². The zero-order chi connectivity index (χ0) is 27.0. The van der Waals surface area contributed by atoms with Crippen LogP contribution in [0.4, 0.5) is 15.1 Å². The number of anilines is 2. The molecule has 0 spiro atoms. The van der Waals surface area contributed by atoms with Gasteiger partial charge < -0.3 is 10.4 Å². The Kier molecular flexibility index (Phi) is 6.95. The van der Waals surface area contributed by atoms with Crippen LogP contribution in [-0.4, -0.2) is 16.7 Å². The number of thiophene rings is 1. The molecule has 192 valence electrons. The largest absolute Gasteiger partial charge is 0.511 e. The molecule has 0 radical (unpaired) electrons. The molecule has 5 rings (SSSR count). The van der Waals surface area contributed by atoms with Crippen molar-refractivity contribution in [2.24, 2.45) is 5.41 Å². The summed E-state index contributed by atoms with van der Waals surface area (Å²) in [4.78, 5) is 28.0. The number of Topliss-reactive ketones (excluding diaryl/α,β-unsaturated/α-hetero) is 1. The van der Waals surface area contributed by atoms with Crippen molar-refractivity contribution >= 4 is 50.8 Å². The van der Waals surface area contributed by atoms with Crippen molar-refractivity contribution in [3.8, 4) is 11.1 Å². The topological polar surface area (TPSA) is 66.4 Å². The van der Waals surface area contributed by atoms with E-state index in [1.807, 2.05) is 44.2 Å². The SMILES string of the molecule is CC1(C)CC(=O)C(c2sc(Nc3ccc(F)cc3)c(C(=O)c3ccc(Cl)cc3)c2-c2ccccc2)=C(O)C1. The molecule has 0 saturated carbocycles. The molecule has 1 aliphatic carbocycles. The number of allylic oxidation sites excluding steroid dienone is 2. The van der Waals surface area contributed by atoms with Gasteiger partial charge in [0.15, 0.2) is 11.6 Å². The number of hydrogen-bond donors (Lipinski definition) is 2. The minimum Gasteiger partial charge on any atom is -0.511 e. The smallest absolute Gasteiger partial charge is 0.196 e. The van der Waals surface area contributed by atoms with Crippen LogP contribution in [0, 0.1) is 11.2 Å². The summed E-state index contributed by atoms with van der Waals surface area (Å²) < 4.78 is 13.6. The Morgan fingerprint density at radius 2 is 1.63 bits per heavy atom. The normalized spacial score (nSPS) is 15.0. The van der Waals surface area contributed by atoms with Crippen LogP contribution in [-0.2, 0) is 4.79 Å². The first-order valence-electron chi connectivity index (χ1n) is 12.1. The Morgan fingerprint density at radius 1 is 0.974 bits per heavy atom. The summed E-state index contributed by atoms with van der Waals surface area (Å²) in [7, 11) is 0. The summed E-state index contributed by atoms with van der Waals surface area (Å²) in [5.41, 5.74) is 2.54. The predicted molar refractivity (Wildman–Crippen MR) is 152 cm³/mol. The maximum atomic E-state index is 14.1. The summed E-state index contributed by atoms with van der Waals surface area (Å²) in [6.45, 7) is 3.89. The van der Waals surface area contributed by atoms with Crippen molar-refractivity contribution in [2.45, 2.75) is 26.7 Å². The van der Waals surface area contributed by atoms with Gasteiger partial charge in [-0.25, -0.2) is 4.39 Å². The second-order valence-electron chi connectivity index (χ2n) is 10.1. The lowest BCUT2D eigenvalue weighted by Crippen LogP contribution is -2.25. The van der Waals surface area contributed by atoms with Gasteiger partial charge in [-0.2, -0.15) is 0 Å². The molecule has 3 aromatic carbocycles. The van der Waals surface area contributed by atoms with E-state index in [9.17, 15) is 19.1 Å². The molecule has 38 heavy (non-hydrogen) atoms. The molecule has 4 nitrogen and oxygen atoms in total. The second-order valence-corrected chi connectivity index (χ2v) is 11.6. The van der Waals surface area contributed by atoms with Crippen molar-refractivity contribution in [2.75, 3.05) is 5.32 Å². The van der Waals surface area contributed by atoms with E-state index >= 15 is 0 Å². The molecule has 0 fully saturated rings. The van der Waals surface area contributed by atoms with Gasteiger partial charge in [-0.15, -0.1) is 11.3 Å². The van der Waals surface area contributed by atoms with Gasteiger partial charge in [0.2, 0.25) is 0 Å². The number of rotatable bonds is 6. The van der Waals surface area contributed by atoms with Gasteiger partial charge in [0.1, 0.15) is 16.6 Å². The first kappa shape index (κ1) is 25.9. The number of nitrogens with one attached hydrogen (secondary N) is 1. The highest BCUT2D eigenvalue weighted by atomic mass is 35.5. The first-order valence-corrected chi connectivity index (χ1v) is 13.3. The van der Waals surface area contributed by atoms with Crippen LogP contribution < -0.4 is 5.32 Å². The minimum absolute atomic E-state index is 0.0171. The number of aliphatic hydroxyl groups excluding tert-OH is 1. The fourth-order valence-corrected chi connectivity index (χ4v) is 6.20. The fraction of sp³-hybridized carbons (Fsp3) is 0.161. The Morgan fingerprint density at radius 3 is 2.26 bits per heavy atom. The average Bonchev–Trinajstić information content (AvgIpc) is 3.23. The monoisotopic (exact) mass is 545 g/mol. The van der Waals surface area contributed by atoms with Crippen molar-refractivity contribution in [3.63, 3.8) is 0 Å². The molecule has 0 amide bonds. The predicted octanol–water partition coefficient (Wildman–Crippen LogP) is 8.84. The van der Waals surface area contributed by atoms with E-state index in [1.165, 1.54) is 23.5 Å². The first-order chi connectivity index (χ1) is 18.1. The van der Waals surface area contributed by atoms with E-state index in [2.05, 4.69) is 5.32 Å². The lowest BCUT2D eigenvalue weighted by atomic mass is 9.75. The third-order valence-electron chi connectivity index (χ3n) is 6.49. The molecule has 0 atom stereocenters. The maximum Gasteiger partial charge on any atom is 0.196 e. The van der Waals surface area contributed by atoms with E-state index in [-0.39, 0.29) is 40.6 Å². The molecule has 1 aromatic heterocycles. The van der Waals surface area contributed by atoms with Gasteiger partial charge in [-0.3, -0.25) is 9.59 Å². The van der Waals surface area contributed by atoms with E-state index in [4.69, 9.17) is 11.6 Å². The van der Waals surface area contributed by atoms with Gasteiger partial charge in [0.25, 0.3) is 0 Å². The number of carbonyl (C=O) groups excluding carboxylic acids is 2. The van der Waals surface area contributed by atoms with Crippen LogP contribution in [0.15, 0.2) is 84.6 Å². The third kappa shape index (κ3) is 5.15. The average molecular weight is 546 g/mol. The van der Waals surface area contributed by atoms with Crippen molar-refractivity contribution in [3.05, 3.63) is 111 Å². The number of aliphatic hydroxyl groups is 1. The Labute approximate surface area is 229 Å². The molecule has 0 unspecified atom stereocenters. The standard InChI is InChI=1S/C31H25ClFNO3S/c1-31(2)16-23(35)26(24(36)17-31)29-25(18-6-4-3-5-7-18)27(28(37)19-8-10-20(32)11-9-19)30(38-29)34-22-14-12-21(33)13-15-22/h3-15,34-35H,16-17H2,1-2H3. The number of ketones is 2. The van der Waals surface area contributed by atoms with Crippen LogP contribution in [0.1, 0.15) is 47.5 Å². The summed E-state index contributed by atoms with van der Waals surface area (Å²) in [6, 6.07) is 21.8. The van der Waals surface area contributed by atoms with E-state index < -0.39 is 0 Å². The lowest BCUT2D eigenvalue weighted by molar-refractivity contribution is -0.116. The van der Waals surface area contributed by atoms with Crippen LogP contribution in [0.2, 0.25) is 5.02 Å². The molecule has 1 aliphatic rings. The molecule has 0 saturated heterocycles. The second kappa shape index (κ2) is 10.2. The molecule has 2 N–H and O–H groups in total. The lowest BCUT2D eigenvalue weighted by Gasteiger charge is -2.29. The van der Waals surface area contributed by atoms with Crippen LogP contribution in [0.3, 0.4) is 0 Å². The minimum atomic E-state index is -0.379. The van der Waals surface area contributed by atoms with Crippen LogP contribution in [0.5, 0.6) is 0 Å². The highest BCUT2D eigenvalue weighted by Crippen LogP contribution is 2.49. The van der Waals surface area contributed by atoms with Gasteiger partial charge in [-0.1, -0.05) is 55.8 Å². The third-order valence-corrected chi connectivity index (χ3v) is 7.86. The Bertz CT molecular complexity index is 1560. The van der Waals surface area contributed by atoms with Gasteiger partial charge in [0, 0.05) is 34.7 Å². The van der Waals surface area contributed by atoms with Gasteiger partial charge in [-0.05, 0) is 59.5 Å². The zero-order valence-electron chi connectivity index (χ0n) is 20.8. The quantitative estimate of drug-likeness (QED) is 0.237. The van der Waals surface area contributed by atoms with Crippen LogP contribution >= 0.6 is 22.9 Å². The summed E-state index contributed by atoms with van der Waals surface area (Å²) >= 11 is 7.31. The highest BCUT2D eigenvalue weighted by molar-refractivity contribution is 7.18. The zero-order valence-corrected chi connectivity index (χ0v) is 22.4. The summed E-state index contributed by atoms with van der Waals surface area (Å²) in [5.74, 6) is -0.800. The Balaban J connectivity index is 1.79. The molecule has 0 aliphatic heterocycles. The van der Waals surface area contributed by atoms with E-state index in [0.717, 1.165) is 5.56 Å². The van der Waals surface area contributed by atoms with Gasteiger partial charge >= 0.3 is 0 Å². The van der Waals surface area contributed by atoms with Crippen molar-refractivity contribution in [1.29, 1.82) is 0 Å². The number of hydrogen-bond acceptors (Lipinski definition) is 5. The number of carbonyl (C=O) groups is 2. The maximum absolute atomic E-state index is 14.1. The number of halogens is 2.